The van der Waals surface area contributed by atoms with Crippen LogP contribution in [0.1, 0.15) is 32.3 Å². The molecule has 0 aliphatic heterocycles. The second-order valence-electron chi connectivity index (χ2n) is 4.65. The van der Waals surface area contributed by atoms with Crippen molar-refractivity contribution in [3.05, 3.63) is 23.8 Å². The Bertz CT molecular complexity index is 370. The van der Waals surface area contributed by atoms with Crippen LogP contribution in [0.5, 0.6) is 0 Å². The van der Waals surface area contributed by atoms with Gasteiger partial charge in [0, 0.05) is 11.7 Å². The third kappa shape index (κ3) is 4.72. The maximum atomic E-state index is 11.5. The minimum Gasteiger partial charge on any atom is -0.334 e. The minimum atomic E-state index is -0.230. The van der Waals surface area contributed by atoms with Gasteiger partial charge in [-0.3, -0.25) is 0 Å². The molecule has 0 fully saturated rings. The molecule has 0 aromatic carbocycles. The first-order valence-corrected chi connectivity index (χ1v) is 5.21. The summed E-state index contributed by atoms with van der Waals surface area (Å²) in [6, 6.07) is 1.59. The summed E-state index contributed by atoms with van der Waals surface area (Å²) >= 11 is 0. The number of hydrogen-bond acceptors (Lipinski definition) is 3. The molecule has 0 saturated carbocycles. The fourth-order valence-corrected chi connectivity index (χ4v) is 1.16. The molecule has 16 heavy (non-hydrogen) atoms. The molecular weight excluding hydrogens is 204 g/mol. The zero-order valence-electron chi connectivity index (χ0n) is 10.2. The molecule has 0 saturated heterocycles. The molecule has 0 aliphatic carbocycles. The molecule has 1 aromatic heterocycles. The number of nitrogens with one attached hydrogen (secondary N) is 2. The van der Waals surface area contributed by atoms with Gasteiger partial charge in [-0.25, -0.2) is 14.8 Å². The van der Waals surface area contributed by atoms with Crippen molar-refractivity contribution in [1.29, 1.82) is 0 Å². The van der Waals surface area contributed by atoms with Gasteiger partial charge in [0.25, 0.3) is 0 Å². The first kappa shape index (κ1) is 12.4. The summed E-state index contributed by atoms with van der Waals surface area (Å²) in [7, 11) is 0. The Labute approximate surface area is 95.7 Å². The topological polar surface area (TPSA) is 66.9 Å². The smallest absolute Gasteiger partial charge is 0.315 e. The van der Waals surface area contributed by atoms with E-state index in [1.54, 1.807) is 12.3 Å². The Morgan fingerprint density at radius 1 is 1.44 bits per heavy atom. The predicted octanol–water partition coefficient (Wildman–Crippen LogP) is 1.38. The Morgan fingerprint density at radius 3 is 2.69 bits per heavy atom. The maximum Gasteiger partial charge on any atom is 0.315 e. The number of nitrogens with zero attached hydrogens (tertiary/aromatic N) is 2. The number of aromatic nitrogens is 2. The van der Waals surface area contributed by atoms with Crippen molar-refractivity contribution in [1.82, 2.24) is 20.6 Å². The van der Waals surface area contributed by atoms with E-state index in [1.807, 2.05) is 27.7 Å². The van der Waals surface area contributed by atoms with Crippen LogP contribution < -0.4 is 10.6 Å². The highest BCUT2D eigenvalue weighted by molar-refractivity contribution is 5.74. The van der Waals surface area contributed by atoms with Crippen molar-refractivity contribution >= 4 is 6.03 Å². The van der Waals surface area contributed by atoms with Crippen LogP contribution in [0.3, 0.4) is 0 Å². The molecule has 0 aliphatic rings. The Kier molecular flexibility index (Phi) is 3.82. The highest BCUT2D eigenvalue weighted by atomic mass is 16.2. The van der Waals surface area contributed by atoms with E-state index in [0.29, 0.717) is 12.4 Å². The Hall–Kier alpha value is -1.65. The number of carbonyl (C=O) groups is 1. The van der Waals surface area contributed by atoms with Crippen LogP contribution in [-0.4, -0.2) is 21.5 Å². The lowest BCUT2D eigenvalue weighted by molar-refractivity contribution is 0.231. The van der Waals surface area contributed by atoms with Crippen molar-refractivity contribution in [3.8, 4) is 0 Å². The molecule has 0 unspecified atom stereocenters. The van der Waals surface area contributed by atoms with Crippen LogP contribution in [0, 0.1) is 6.92 Å². The fourth-order valence-electron chi connectivity index (χ4n) is 1.16. The zero-order valence-corrected chi connectivity index (χ0v) is 10.2. The van der Waals surface area contributed by atoms with Gasteiger partial charge in [-0.2, -0.15) is 0 Å². The summed E-state index contributed by atoms with van der Waals surface area (Å²) in [5, 5.41) is 5.55. The van der Waals surface area contributed by atoms with Crippen molar-refractivity contribution < 1.29 is 4.79 Å². The second-order valence-corrected chi connectivity index (χ2v) is 4.65. The van der Waals surface area contributed by atoms with E-state index >= 15 is 0 Å². The van der Waals surface area contributed by atoms with Gasteiger partial charge in [0.05, 0.1) is 12.2 Å². The first-order valence-electron chi connectivity index (χ1n) is 5.21. The highest BCUT2D eigenvalue weighted by Crippen LogP contribution is 1.98. The van der Waals surface area contributed by atoms with Crippen LogP contribution in [0.15, 0.2) is 12.3 Å². The Morgan fingerprint density at radius 2 is 2.12 bits per heavy atom. The Balaban J connectivity index is 2.43. The third-order valence-electron chi connectivity index (χ3n) is 1.75. The van der Waals surface area contributed by atoms with E-state index in [1.165, 1.54) is 0 Å². The summed E-state index contributed by atoms with van der Waals surface area (Å²) in [5.41, 5.74) is 0.572. The van der Waals surface area contributed by atoms with Gasteiger partial charge in [-0.15, -0.1) is 0 Å². The number of carbonyl (C=O) groups excluding carboxylic acids is 1. The molecule has 0 spiro atoms. The molecule has 1 heterocycles. The monoisotopic (exact) mass is 222 g/mol. The number of rotatable bonds is 2. The minimum absolute atomic E-state index is 0.191. The summed E-state index contributed by atoms with van der Waals surface area (Å²) in [5.74, 6) is 0.704. The second kappa shape index (κ2) is 4.92. The lowest BCUT2D eigenvalue weighted by atomic mass is 10.1. The standard InChI is InChI=1S/C11H18N4O/c1-8-12-6-5-9(14-8)7-13-10(16)15-11(2,3)4/h5-6H,7H2,1-4H3,(H2,13,15,16). The molecule has 1 aromatic rings. The van der Waals surface area contributed by atoms with Crippen molar-refractivity contribution in [2.75, 3.05) is 0 Å². The van der Waals surface area contributed by atoms with Gasteiger partial charge in [-0.1, -0.05) is 0 Å². The van der Waals surface area contributed by atoms with E-state index in [0.717, 1.165) is 5.69 Å². The average molecular weight is 222 g/mol. The number of amides is 2. The van der Waals surface area contributed by atoms with Gasteiger partial charge < -0.3 is 10.6 Å². The zero-order chi connectivity index (χ0) is 12.2. The van der Waals surface area contributed by atoms with Gasteiger partial charge in [0.2, 0.25) is 0 Å². The lowest BCUT2D eigenvalue weighted by Crippen LogP contribution is -2.46. The average Bonchev–Trinajstić information content (AvgIpc) is 2.12. The van der Waals surface area contributed by atoms with Crippen molar-refractivity contribution in [2.24, 2.45) is 0 Å². The number of aryl methyl sites for hydroxylation is 1. The van der Waals surface area contributed by atoms with Gasteiger partial charge in [0.1, 0.15) is 5.82 Å². The SMILES string of the molecule is Cc1nccc(CNC(=O)NC(C)(C)C)n1. The first-order chi connectivity index (χ1) is 7.37. The molecule has 88 valence electrons. The molecule has 0 radical (unpaired) electrons. The number of urea groups is 1. The van der Waals surface area contributed by atoms with E-state index in [2.05, 4.69) is 20.6 Å². The quantitative estimate of drug-likeness (QED) is 0.794. The van der Waals surface area contributed by atoms with Crippen LogP contribution in [0.25, 0.3) is 0 Å². The largest absolute Gasteiger partial charge is 0.334 e. The fraction of sp³-hybridized carbons (Fsp3) is 0.545. The van der Waals surface area contributed by atoms with E-state index < -0.39 is 0 Å². The highest BCUT2D eigenvalue weighted by Gasteiger charge is 2.12. The van der Waals surface area contributed by atoms with Crippen LogP contribution in [0.2, 0.25) is 0 Å². The molecule has 2 amide bonds. The van der Waals surface area contributed by atoms with E-state index in [9.17, 15) is 4.79 Å². The molecule has 5 nitrogen and oxygen atoms in total. The molecule has 1 rings (SSSR count). The lowest BCUT2D eigenvalue weighted by Gasteiger charge is -2.20. The summed E-state index contributed by atoms with van der Waals surface area (Å²) in [6.45, 7) is 8.02. The van der Waals surface area contributed by atoms with Crippen LogP contribution in [-0.2, 0) is 6.54 Å². The molecule has 0 bridgehead atoms. The van der Waals surface area contributed by atoms with E-state index in [-0.39, 0.29) is 11.6 Å². The summed E-state index contributed by atoms with van der Waals surface area (Å²) < 4.78 is 0. The molecular formula is C11H18N4O. The maximum absolute atomic E-state index is 11.5. The normalized spacial score (nSPS) is 11.0. The predicted molar refractivity (Wildman–Crippen MR) is 61.9 cm³/mol. The third-order valence-corrected chi connectivity index (χ3v) is 1.75. The van der Waals surface area contributed by atoms with Crippen molar-refractivity contribution in [3.63, 3.8) is 0 Å². The van der Waals surface area contributed by atoms with Crippen LogP contribution in [0.4, 0.5) is 4.79 Å². The van der Waals surface area contributed by atoms with Gasteiger partial charge >= 0.3 is 6.03 Å². The van der Waals surface area contributed by atoms with E-state index in [4.69, 9.17) is 0 Å². The molecule has 2 N–H and O–H groups in total. The van der Waals surface area contributed by atoms with Gasteiger partial charge in [-0.05, 0) is 33.8 Å². The van der Waals surface area contributed by atoms with Crippen molar-refractivity contribution in [2.45, 2.75) is 39.8 Å². The summed E-state index contributed by atoms with van der Waals surface area (Å²) in [4.78, 5) is 19.6. The molecule has 0 atom stereocenters. The number of hydrogen-bond donors (Lipinski definition) is 2. The summed E-state index contributed by atoms with van der Waals surface area (Å²) in [6.07, 6.45) is 1.68. The molecule has 5 heteroatoms. The van der Waals surface area contributed by atoms with Gasteiger partial charge in [0.15, 0.2) is 0 Å². The van der Waals surface area contributed by atoms with Crippen LogP contribution >= 0.6 is 0 Å².